The van der Waals surface area contributed by atoms with Crippen LogP contribution in [0, 0.1) is 0 Å². The van der Waals surface area contributed by atoms with Crippen molar-refractivity contribution in [3.05, 3.63) is 59.0 Å². The Labute approximate surface area is 155 Å². The van der Waals surface area contributed by atoms with Crippen LogP contribution >= 0.6 is 11.6 Å². The standard InChI is InChI=1S/C18H18ClN3O4/c19-14-6-2-1-4-12(14)10-20-16(23)8-7-15-17(24)22(18(25)21-15)11-13-5-3-9-26-13/h1-6,9,15H,7-8,10-11H2,(H,20,23)(H,21,25)/t15-/m1/s1. The van der Waals surface area contributed by atoms with Gasteiger partial charge in [0, 0.05) is 18.0 Å². The SMILES string of the molecule is O=C(CC[C@H]1NC(=O)N(Cc2ccco2)C1=O)NCc1ccccc1Cl. The molecule has 1 atom stereocenters. The molecule has 8 heteroatoms. The van der Waals surface area contributed by atoms with Crippen LogP contribution in [0.2, 0.25) is 5.02 Å². The number of rotatable bonds is 7. The number of nitrogens with one attached hydrogen (secondary N) is 2. The number of hydrogen-bond donors (Lipinski definition) is 2. The van der Waals surface area contributed by atoms with E-state index in [4.69, 9.17) is 16.0 Å². The van der Waals surface area contributed by atoms with Gasteiger partial charge in [-0.25, -0.2) is 4.79 Å². The molecule has 1 saturated heterocycles. The summed E-state index contributed by atoms with van der Waals surface area (Å²) < 4.78 is 5.16. The average molecular weight is 376 g/mol. The number of carbonyl (C=O) groups excluding carboxylic acids is 3. The molecule has 0 unspecified atom stereocenters. The lowest BCUT2D eigenvalue weighted by atomic mass is 10.1. The lowest BCUT2D eigenvalue weighted by Gasteiger charge is -2.11. The van der Waals surface area contributed by atoms with Crippen LogP contribution in [0.1, 0.15) is 24.2 Å². The van der Waals surface area contributed by atoms with Crippen molar-refractivity contribution in [2.75, 3.05) is 0 Å². The first kappa shape index (κ1) is 18.0. The molecule has 2 aromatic rings. The first-order chi connectivity index (χ1) is 12.5. The number of benzene rings is 1. The molecule has 2 N–H and O–H groups in total. The van der Waals surface area contributed by atoms with Gasteiger partial charge in [0.2, 0.25) is 5.91 Å². The van der Waals surface area contributed by atoms with E-state index in [0.717, 1.165) is 10.5 Å². The third-order valence-electron chi connectivity index (χ3n) is 4.09. The fourth-order valence-electron chi connectivity index (χ4n) is 2.68. The number of urea groups is 1. The Morgan fingerprint density at radius 1 is 1.23 bits per heavy atom. The van der Waals surface area contributed by atoms with Gasteiger partial charge in [0.25, 0.3) is 5.91 Å². The second-order valence-corrected chi connectivity index (χ2v) is 6.32. The highest BCUT2D eigenvalue weighted by molar-refractivity contribution is 6.31. The molecular weight excluding hydrogens is 358 g/mol. The van der Waals surface area contributed by atoms with Crippen LogP contribution in [-0.4, -0.2) is 28.8 Å². The van der Waals surface area contributed by atoms with E-state index in [0.29, 0.717) is 17.3 Å². The number of carbonyl (C=O) groups is 3. The molecule has 0 bridgehead atoms. The van der Waals surface area contributed by atoms with E-state index in [1.165, 1.54) is 6.26 Å². The molecule has 0 saturated carbocycles. The average Bonchev–Trinajstić information content (AvgIpc) is 3.23. The quantitative estimate of drug-likeness (QED) is 0.727. The van der Waals surface area contributed by atoms with Crippen LogP contribution in [0.5, 0.6) is 0 Å². The predicted molar refractivity (Wildman–Crippen MR) is 94.1 cm³/mol. The Bertz CT molecular complexity index is 807. The zero-order chi connectivity index (χ0) is 18.5. The van der Waals surface area contributed by atoms with Gasteiger partial charge in [-0.15, -0.1) is 0 Å². The second-order valence-electron chi connectivity index (χ2n) is 5.91. The summed E-state index contributed by atoms with van der Waals surface area (Å²) in [5.41, 5.74) is 0.817. The third kappa shape index (κ3) is 4.23. The van der Waals surface area contributed by atoms with Gasteiger partial charge in [0.15, 0.2) is 0 Å². The molecule has 1 aliphatic heterocycles. The minimum atomic E-state index is -0.705. The van der Waals surface area contributed by atoms with E-state index in [1.807, 2.05) is 18.2 Å². The Hall–Kier alpha value is -2.80. The largest absolute Gasteiger partial charge is 0.467 e. The van der Waals surface area contributed by atoms with Crippen molar-refractivity contribution in [1.29, 1.82) is 0 Å². The summed E-state index contributed by atoms with van der Waals surface area (Å²) in [6.45, 7) is 0.390. The molecule has 136 valence electrons. The molecule has 0 radical (unpaired) electrons. The highest BCUT2D eigenvalue weighted by atomic mass is 35.5. The van der Waals surface area contributed by atoms with Crippen molar-refractivity contribution in [2.45, 2.75) is 32.0 Å². The number of amides is 4. The van der Waals surface area contributed by atoms with Crippen LogP contribution in [0.15, 0.2) is 47.1 Å². The van der Waals surface area contributed by atoms with Gasteiger partial charge in [0.05, 0.1) is 12.8 Å². The monoisotopic (exact) mass is 375 g/mol. The van der Waals surface area contributed by atoms with E-state index >= 15 is 0 Å². The van der Waals surface area contributed by atoms with Gasteiger partial charge in [-0.3, -0.25) is 14.5 Å². The zero-order valence-corrected chi connectivity index (χ0v) is 14.7. The van der Waals surface area contributed by atoms with Crippen molar-refractivity contribution in [1.82, 2.24) is 15.5 Å². The first-order valence-corrected chi connectivity index (χ1v) is 8.57. The Kier molecular flexibility index (Phi) is 5.58. The second kappa shape index (κ2) is 8.05. The van der Waals surface area contributed by atoms with Gasteiger partial charge in [-0.2, -0.15) is 0 Å². The number of nitrogens with zero attached hydrogens (tertiary/aromatic N) is 1. The van der Waals surface area contributed by atoms with Crippen LogP contribution in [0.3, 0.4) is 0 Å². The van der Waals surface area contributed by atoms with E-state index in [2.05, 4.69) is 10.6 Å². The number of halogens is 1. The van der Waals surface area contributed by atoms with Crippen molar-refractivity contribution in [3.8, 4) is 0 Å². The molecule has 1 aliphatic rings. The summed E-state index contributed by atoms with van der Waals surface area (Å²) in [5.74, 6) is -0.0478. The summed E-state index contributed by atoms with van der Waals surface area (Å²) in [6, 6.07) is 9.44. The molecule has 0 spiro atoms. The maximum absolute atomic E-state index is 12.3. The number of imide groups is 1. The van der Waals surface area contributed by atoms with Crippen LogP contribution in [0.4, 0.5) is 4.79 Å². The minimum Gasteiger partial charge on any atom is -0.467 e. The molecule has 3 rings (SSSR count). The number of hydrogen-bond acceptors (Lipinski definition) is 4. The molecule has 0 aliphatic carbocycles. The summed E-state index contributed by atoms with van der Waals surface area (Å²) in [6.07, 6.45) is 1.83. The summed E-state index contributed by atoms with van der Waals surface area (Å²) in [4.78, 5) is 37.4. The molecule has 2 heterocycles. The van der Waals surface area contributed by atoms with Crippen molar-refractivity contribution in [3.63, 3.8) is 0 Å². The Morgan fingerprint density at radius 3 is 2.77 bits per heavy atom. The van der Waals surface area contributed by atoms with Crippen LogP contribution in [-0.2, 0) is 22.7 Å². The molecule has 7 nitrogen and oxygen atoms in total. The van der Waals surface area contributed by atoms with Gasteiger partial charge in [0.1, 0.15) is 11.8 Å². The van der Waals surface area contributed by atoms with Crippen molar-refractivity contribution >= 4 is 29.4 Å². The van der Waals surface area contributed by atoms with Crippen LogP contribution < -0.4 is 10.6 Å². The normalized spacial score (nSPS) is 16.7. The molecular formula is C18H18ClN3O4. The Morgan fingerprint density at radius 2 is 2.04 bits per heavy atom. The lowest BCUT2D eigenvalue weighted by Crippen LogP contribution is -2.32. The van der Waals surface area contributed by atoms with E-state index < -0.39 is 12.1 Å². The highest BCUT2D eigenvalue weighted by Gasteiger charge is 2.38. The van der Waals surface area contributed by atoms with E-state index in [9.17, 15) is 14.4 Å². The fourth-order valence-corrected chi connectivity index (χ4v) is 2.88. The highest BCUT2D eigenvalue weighted by Crippen LogP contribution is 2.16. The summed E-state index contributed by atoms with van der Waals surface area (Å²) >= 11 is 6.04. The predicted octanol–water partition coefficient (Wildman–Crippen LogP) is 2.45. The van der Waals surface area contributed by atoms with Gasteiger partial charge >= 0.3 is 6.03 Å². The van der Waals surface area contributed by atoms with Crippen molar-refractivity contribution < 1.29 is 18.8 Å². The third-order valence-corrected chi connectivity index (χ3v) is 4.46. The first-order valence-electron chi connectivity index (χ1n) is 8.19. The maximum atomic E-state index is 12.3. The molecule has 4 amide bonds. The van der Waals surface area contributed by atoms with E-state index in [1.54, 1.807) is 18.2 Å². The van der Waals surface area contributed by atoms with Crippen molar-refractivity contribution in [2.24, 2.45) is 0 Å². The van der Waals surface area contributed by atoms with Gasteiger partial charge in [-0.1, -0.05) is 29.8 Å². The lowest BCUT2D eigenvalue weighted by molar-refractivity contribution is -0.128. The van der Waals surface area contributed by atoms with Crippen LogP contribution in [0.25, 0.3) is 0 Å². The Balaban J connectivity index is 1.47. The zero-order valence-electron chi connectivity index (χ0n) is 13.9. The molecule has 1 aromatic carbocycles. The van der Waals surface area contributed by atoms with Gasteiger partial charge in [-0.05, 0) is 30.2 Å². The van der Waals surface area contributed by atoms with E-state index in [-0.39, 0.29) is 31.2 Å². The smallest absolute Gasteiger partial charge is 0.325 e. The number of furan rings is 1. The molecule has 1 fully saturated rings. The summed E-state index contributed by atoms with van der Waals surface area (Å²) in [5, 5.41) is 5.94. The molecule has 26 heavy (non-hydrogen) atoms. The fraction of sp³-hybridized carbons (Fsp3) is 0.278. The summed E-state index contributed by atoms with van der Waals surface area (Å²) in [7, 11) is 0. The molecule has 1 aromatic heterocycles. The maximum Gasteiger partial charge on any atom is 0.325 e. The minimum absolute atomic E-state index is 0.0763. The van der Waals surface area contributed by atoms with Gasteiger partial charge < -0.3 is 15.1 Å². The topological polar surface area (TPSA) is 91.7 Å².